The van der Waals surface area contributed by atoms with Crippen LogP contribution in [0.2, 0.25) is 0 Å². The van der Waals surface area contributed by atoms with Gasteiger partial charge in [0, 0.05) is 12.6 Å². The van der Waals surface area contributed by atoms with Gasteiger partial charge in [0.05, 0.1) is 0 Å². The Kier molecular flexibility index (Phi) is 3.98. The molecule has 3 N–H and O–H groups in total. The molecule has 4 heteroatoms. The summed E-state index contributed by atoms with van der Waals surface area (Å²) in [5.74, 6) is 1.19. The quantitative estimate of drug-likeness (QED) is 0.796. The molecule has 1 aromatic rings. The minimum atomic E-state index is -0.0747. The number of rotatable bonds is 5. The zero-order chi connectivity index (χ0) is 12.1. The van der Waals surface area contributed by atoms with E-state index in [9.17, 15) is 4.79 Å². The van der Waals surface area contributed by atoms with E-state index < -0.39 is 0 Å². The molecule has 4 nitrogen and oxygen atoms in total. The van der Waals surface area contributed by atoms with Crippen molar-refractivity contribution < 1.29 is 9.53 Å². The minimum absolute atomic E-state index is 0.0722. The maximum Gasteiger partial charge on any atom is 0.257 e. The van der Waals surface area contributed by atoms with Crippen LogP contribution in [0.15, 0.2) is 30.3 Å². The van der Waals surface area contributed by atoms with Crippen LogP contribution < -0.4 is 15.8 Å². The van der Waals surface area contributed by atoms with Gasteiger partial charge in [0.2, 0.25) is 0 Å². The second-order valence-corrected chi connectivity index (χ2v) is 4.50. The van der Waals surface area contributed by atoms with Crippen LogP contribution >= 0.6 is 0 Å². The van der Waals surface area contributed by atoms with E-state index in [0.717, 1.165) is 12.8 Å². The SMILES string of the molecule is NC1CC(CNC(=O)COc2ccccc2)C1. The molecule has 0 radical (unpaired) electrons. The topological polar surface area (TPSA) is 64.3 Å². The summed E-state index contributed by atoms with van der Waals surface area (Å²) in [6.07, 6.45) is 2.03. The summed E-state index contributed by atoms with van der Waals surface area (Å²) in [4.78, 5) is 11.5. The van der Waals surface area contributed by atoms with Crippen LogP contribution in [0.3, 0.4) is 0 Å². The number of amides is 1. The molecule has 0 aliphatic heterocycles. The monoisotopic (exact) mass is 234 g/mol. The van der Waals surface area contributed by atoms with Crippen molar-refractivity contribution in [1.82, 2.24) is 5.32 Å². The van der Waals surface area contributed by atoms with Gasteiger partial charge in [-0.1, -0.05) is 18.2 Å². The fourth-order valence-electron chi connectivity index (χ4n) is 1.93. The standard InChI is InChI=1S/C13H18N2O2/c14-11-6-10(7-11)8-15-13(16)9-17-12-4-2-1-3-5-12/h1-5,10-11H,6-9,14H2,(H,15,16). The molecule has 0 heterocycles. The van der Waals surface area contributed by atoms with Gasteiger partial charge in [0.25, 0.3) is 5.91 Å². The van der Waals surface area contributed by atoms with Crippen molar-refractivity contribution in [2.45, 2.75) is 18.9 Å². The summed E-state index contributed by atoms with van der Waals surface area (Å²) in [5.41, 5.74) is 5.67. The molecular weight excluding hydrogens is 216 g/mol. The van der Waals surface area contributed by atoms with E-state index in [2.05, 4.69) is 5.32 Å². The van der Waals surface area contributed by atoms with Gasteiger partial charge in [0.15, 0.2) is 6.61 Å². The molecule has 0 aromatic heterocycles. The van der Waals surface area contributed by atoms with Crippen LogP contribution in [-0.2, 0) is 4.79 Å². The van der Waals surface area contributed by atoms with E-state index >= 15 is 0 Å². The van der Waals surface area contributed by atoms with Gasteiger partial charge in [0.1, 0.15) is 5.75 Å². The van der Waals surface area contributed by atoms with E-state index in [1.54, 1.807) is 0 Å². The number of nitrogens with two attached hydrogens (primary N) is 1. The number of hydrogen-bond acceptors (Lipinski definition) is 3. The number of benzene rings is 1. The lowest BCUT2D eigenvalue weighted by molar-refractivity contribution is -0.123. The van der Waals surface area contributed by atoms with E-state index in [-0.39, 0.29) is 12.5 Å². The first-order valence-corrected chi connectivity index (χ1v) is 5.94. The van der Waals surface area contributed by atoms with Crippen LogP contribution in [0.4, 0.5) is 0 Å². The predicted molar refractivity (Wildman–Crippen MR) is 65.6 cm³/mol. The van der Waals surface area contributed by atoms with Gasteiger partial charge in [-0.25, -0.2) is 0 Å². The molecule has 0 bridgehead atoms. The summed E-state index contributed by atoms with van der Waals surface area (Å²) >= 11 is 0. The third-order valence-electron chi connectivity index (χ3n) is 2.97. The second-order valence-electron chi connectivity index (χ2n) is 4.50. The average molecular weight is 234 g/mol. The molecule has 0 unspecified atom stereocenters. The van der Waals surface area contributed by atoms with Crippen molar-refractivity contribution >= 4 is 5.91 Å². The Morgan fingerprint density at radius 1 is 1.35 bits per heavy atom. The maximum absolute atomic E-state index is 11.5. The molecule has 1 aliphatic rings. The Morgan fingerprint density at radius 3 is 2.71 bits per heavy atom. The molecule has 0 spiro atoms. The largest absolute Gasteiger partial charge is 0.484 e. The van der Waals surface area contributed by atoms with Crippen molar-refractivity contribution in [3.8, 4) is 5.75 Å². The summed E-state index contributed by atoms with van der Waals surface area (Å²) in [6.45, 7) is 0.785. The minimum Gasteiger partial charge on any atom is -0.484 e. The molecule has 92 valence electrons. The first-order chi connectivity index (χ1) is 8.24. The number of carbonyl (C=O) groups excluding carboxylic acids is 1. The average Bonchev–Trinajstić information content (AvgIpc) is 2.32. The lowest BCUT2D eigenvalue weighted by Gasteiger charge is -2.32. The molecule has 0 atom stereocenters. The number of para-hydroxylation sites is 1. The fraction of sp³-hybridized carbons (Fsp3) is 0.462. The van der Waals surface area contributed by atoms with Gasteiger partial charge >= 0.3 is 0 Å². The molecule has 1 amide bonds. The highest BCUT2D eigenvalue weighted by Crippen LogP contribution is 2.24. The maximum atomic E-state index is 11.5. The number of ether oxygens (including phenoxy) is 1. The molecule has 1 saturated carbocycles. The van der Waals surface area contributed by atoms with Gasteiger partial charge in [-0.15, -0.1) is 0 Å². The Bertz CT molecular complexity index is 361. The van der Waals surface area contributed by atoms with Crippen molar-refractivity contribution in [3.63, 3.8) is 0 Å². The first-order valence-electron chi connectivity index (χ1n) is 5.94. The van der Waals surface area contributed by atoms with Crippen LogP contribution in [0.5, 0.6) is 5.75 Å². The van der Waals surface area contributed by atoms with Crippen molar-refractivity contribution in [1.29, 1.82) is 0 Å². The smallest absolute Gasteiger partial charge is 0.257 e. The lowest BCUT2D eigenvalue weighted by atomic mass is 9.81. The zero-order valence-corrected chi connectivity index (χ0v) is 9.76. The third kappa shape index (κ3) is 3.75. The summed E-state index contributed by atoms with van der Waals surface area (Å²) in [6, 6.07) is 9.66. The van der Waals surface area contributed by atoms with Crippen molar-refractivity contribution in [2.75, 3.05) is 13.2 Å². The van der Waals surface area contributed by atoms with Gasteiger partial charge < -0.3 is 15.8 Å². The Balaban J connectivity index is 1.61. The van der Waals surface area contributed by atoms with Gasteiger partial charge in [-0.2, -0.15) is 0 Å². The van der Waals surface area contributed by atoms with Crippen molar-refractivity contribution in [2.24, 2.45) is 11.7 Å². The zero-order valence-electron chi connectivity index (χ0n) is 9.76. The van der Waals surface area contributed by atoms with E-state index in [4.69, 9.17) is 10.5 Å². The molecule has 1 fully saturated rings. The molecule has 2 rings (SSSR count). The van der Waals surface area contributed by atoms with E-state index in [1.807, 2.05) is 30.3 Å². The summed E-state index contributed by atoms with van der Waals surface area (Å²) in [7, 11) is 0. The van der Waals surface area contributed by atoms with E-state index in [1.165, 1.54) is 0 Å². The molecule has 17 heavy (non-hydrogen) atoms. The highest BCUT2D eigenvalue weighted by atomic mass is 16.5. The molecule has 1 aliphatic carbocycles. The fourth-order valence-corrected chi connectivity index (χ4v) is 1.93. The van der Waals surface area contributed by atoms with Crippen LogP contribution in [0.1, 0.15) is 12.8 Å². The third-order valence-corrected chi connectivity index (χ3v) is 2.97. The summed E-state index contributed by atoms with van der Waals surface area (Å²) in [5, 5.41) is 2.86. The number of nitrogens with one attached hydrogen (secondary N) is 1. The molecular formula is C13H18N2O2. The molecule has 1 aromatic carbocycles. The summed E-state index contributed by atoms with van der Waals surface area (Å²) < 4.78 is 5.34. The second kappa shape index (κ2) is 5.68. The van der Waals surface area contributed by atoms with Gasteiger partial charge in [-0.3, -0.25) is 4.79 Å². The highest BCUT2D eigenvalue weighted by Gasteiger charge is 2.25. The first kappa shape index (κ1) is 11.9. The van der Waals surface area contributed by atoms with Crippen LogP contribution in [0, 0.1) is 5.92 Å². The highest BCUT2D eigenvalue weighted by molar-refractivity contribution is 5.77. The van der Waals surface area contributed by atoms with Gasteiger partial charge in [-0.05, 0) is 30.9 Å². The van der Waals surface area contributed by atoms with Crippen LogP contribution in [0.25, 0.3) is 0 Å². The van der Waals surface area contributed by atoms with Crippen molar-refractivity contribution in [3.05, 3.63) is 30.3 Å². The van der Waals surface area contributed by atoms with E-state index in [0.29, 0.717) is 24.3 Å². The Morgan fingerprint density at radius 2 is 2.06 bits per heavy atom. The lowest BCUT2D eigenvalue weighted by Crippen LogP contribution is -2.43. The normalized spacial score (nSPS) is 22.6. The Hall–Kier alpha value is -1.55. The number of carbonyl (C=O) groups is 1. The predicted octanol–water partition coefficient (Wildman–Crippen LogP) is 0.919. The Labute approximate surface area is 101 Å². The molecule has 0 saturated heterocycles. The number of hydrogen-bond donors (Lipinski definition) is 2. The van der Waals surface area contributed by atoms with Crippen LogP contribution in [-0.4, -0.2) is 25.1 Å².